The van der Waals surface area contributed by atoms with Gasteiger partial charge < -0.3 is 4.74 Å². The minimum Gasteiger partial charge on any atom is -0.462 e. The molecule has 0 saturated carbocycles. The Labute approximate surface area is 96.7 Å². The van der Waals surface area contributed by atoms with Crippen molar-refractivity contribution in [2.24, 2.45) is 0 Å². The second-order valence-corrected chi connectivity index (χ2v) is 3.19. The fourth-order valence-electron chi connectivity index (χ4n) is 1.25. The maximum absolute atomic E-state index is 12.3. The van der Waals surface area contributed by atoms with Crippen molar-refractivity contribution in [2.45, 2.75) is 13.1 Å². The Morgan fingerprint density at radius 3 is 2.35 bits per heavy atom. The topological polar surface area (TPSA) is 26.3 Å². The van der Waals surface area contributed by atoms with Crippen LogP contribution in [0.25, 0.3) is 5.57 Å². The summed E-state index contributed by atoms with van der Waals surface area (Å²) in [6.07, 6.45) is -4.60. The average molecular weight is 244 g/mol. The van der Waals surface area contributed by atoms with Crippen molar-refractivity contribution in [3.05, 3.63) is 42.0 Å². The third-order valence-corrected chi connectivity index (χ3v) is 1.89. The van der Waals surface area contributed by atoms with E-state index in [2.05, 4.69) is 4.74 Å². The van der Waals surface area contributed by atoms with Crippen LogP contribution in [0.2, 0.25) is 0 Å². The Balaban J connectivity index is 3.12. The van der Waals surface area contributed by atoms with Gasteiger partial charge in [-0.3, -0.25) is 0 Å². The van der Waals surface area contributed by atoms with Gasteiger partial charge in [-0.05, 0) is 12.5 Å². The van der Waals surface area contributed by atoms with Gasteiger partial charge in [0.15, 0.2) is 0 Å². The van der Waals surface area contributed by atoms with Crippen molar-refractivity contribution in [3.63, 3.8) is 0 Å². The molecule has 0 unspecified atom stereocenters. The smallest absolute Gasteiger partial charge is 0.410 e. The minimum atomic E-state index is -4.56. The number of benzene rings is 1. The Morgan fingerprint density at radius 2 is 1.88 bits per heavy atom. The quantitative estimate of drug-likeness (QED) is 0.603. The van der Waals surface area contributed by atoms with Crippen LogP contribution in [-0.2, 0) is 9.53 Å². The second-order valence-electron chi connectivity index (χ2n) is 3.19. The second kappa shape index (κ2) is 5.52. The van der Waals surface area contributed by atoms with Crippen molar-refractivity contribution in [1.82, 2.24) is 0 Å². The molecule has 0 bridgehead atoms. The fraction of sp³-hybridized carbons (Fsp3) is 0.250. The molecule has 0 saturated heterocycles. The molecule has 0 N–H and O–H groups in total. The van der Waals surface area contributed by atoms with E-state index in [0.717, 1.165) is 0 Å². The SMILES string of the molecule is CCOC(=O)/C(=C\C(F)(F)F)c1ccccc1. The number of hydrogen-bond donors (Lipinski definition) is 0. The van der Waals surface area contributed by atoms with E-state index in [-0.39, 0.29) is 18.2 Å². The molecule has 1 aromatic carbocycles. The van der Waals surface area contributed by atoms with E-state index < -0.39 is 17.7 Å². The molecular formula is C12H11F3O2. The van der Waals surface area contributed by atoms with Gasteiger partial charge in [-0.2, -0.15) is 13.2 Å². The summed E-state index contributed by atoms with van der Waals surface area (Å²) in [5.74, 6) is -0.976. The summed E-state index contributed by atoms with van der Waals surface area (Å²) in [5, 5.41) is 0. The van der Waals surface area contributed by atoms with Crippen LogP contribution in [0.4, 0.5) is 13.2 Å². The number of esters is 1. The number of carbonyl (C=O) groups excluding carboxylic acids is 1. The van der Waals surface area contributed by atoms with Crippen molar-refractivity contribution in [1.29, 1.82) is 0 Å². The van der Waals surface area contributed by atoms with Crippen molar-refractivity contribution >= 4 is 11.5 Å². The van der Waals surface area contributed by atoms with E-state index in [9.17, 15) is 18.0 Å². The Bertz CT molecular complexity index is 408. The number of allylic oxidation sites excluding steroid dienone is 1. The van der Waals surface area contributed by atoms with Crippen molar-refractivity contribution < 1.29 is 22.7 Å². The van der Waals surface area contributed by atoms with Gasteiger partial charge in [-0.15, -0.1) is 0 Å². The maximum Gasteiger partial charge on any atom is 0.410 e. The van der Waals surface area contributed by atoms with Crippen molar-refractivity contribution in [3.8, 4) is 0 Å². The first-order chi connectivity index (χ1) is 7.94. The molecule has 0 atom stereocenters. The summed E-state index contributed by atoms with van der Waals surface area (Å²) in [6.45, 7) is 1.56. The molecule has 0 fully saturated rings. The van der Waals surface area contributed by atoms with E-state index in [1.165, 1.54) is 19.1 Å². The van der Waals surface area contributed by atoms with Gasteiger partial charge in [-0.25, -0.2) is 4.79 Å². The number of alkyl halides is 3. The average Bonchev–Trinajstić information content (AvgIpc) is 2.26. The molecule has 0 heterocycles. The van der Waals surface area contributed by atoms with Gasteiger partial charge in [0.2, 0.25) is 0 Å². The van der Waals surface area contributed by atoms with E-state index in [0.29, 0.717) is 0 Å². The number of ether oxygens (including phenoxy) is 1. The monoisotopic (exact) mass is 244 g/mol. The molecule has 1 rings (SSSR count). The molecular weight excluding hydrogens is 233 g/mol. The number of hydrogen-bond acceptors (Lipinski definition) is 2. The molecule has 0 aliphatic heterocycles. The zero-order valence-corrected chi connectivity index (χ0v) is 9.12. The van der Waals surface area contributed by atoms with Crippen LogP contribution in [0.15, 0.2) is 36.4 Å². The maximum atomic E-state index is 12.3. The molecule has 0 aliphatic carbocycles. The highest BCUT2D eigenvalue weighted by Gasteiger charge is 2.28. The van der Waals surface area contributed by atoms with E-state index in [1.807, 2.05) is 0 Å². The van der Waals surface area contributed by atoms with Gasteiger partial charge in [-0.1, -0.05) is 30.3 Å². The zero-order chi connectivity index (χ0) is 12.9. The van der Waals surface area contributed by atoms with Gasteiger partial charge in [0, 0.05) is 6.08 Å². The minimum absolute atomic E-state index is 0.0286. The highest BCUT2D eigenvalue weighted by atomic mass is 19.4. The first-order valence-electron chi connectivity index (χ1n) is 4.96. The lowest BCUT2D eigenvalue weighted by Crippen LogP contribution is -2.11. The lowest BCUT2D eigenvalue weighted by molar-refractivity contribution is -0.136. The molecule has 1 aromatic rings. The summed E-state index contributed by atoms with van der Waals surface area (Å²) in [4.78, 5) is 11.4. The summed E-state index contributed by atoms with van der Waals surface area (Å²) in [7, 11) is 0. The third-order valence-electron chi connectivity index (χ3n) is 1.89. The summed E-state index contributed by atoms with van der Waals surface area (Å²) >= 11 is 0. The summed E-state index contributed by atoms with van der Waals surface area (Å²) in [6, 6.07) is 7.61. The molecule has 17 heavy (non-hydrogen) atoms. The van der Waals surface area contributed by atoms with E-state index in [4.69, 9.17) is 0 Å². The Hall–Kier alpha value is -1.78. The molecule has 0 aromatic heterocycles. The highest BCUT2D eigenvalue weighted by Crippen LogP contribution is 2.25. The molecule has 0 radical (unpaired) electrons. The van der Waals surface area contributed by atoms with Gasteiger partial charge in [0.25, 0.3) is 0 Å². The molecule has 92 valence electrons. The Kier molecular flexibility index (Phi) is 4.31. The van der Waals surface area contributed by atoms with Crippen LogP contribution >= 0.6 is 0 Å². The van der Waals surface area contributed by atoms with Gasteiger partial charge in [0.1, 0.15) is 0 Å². The van der Waals surface area contributed by atoms with Gasteiger partial charge >= 0.3 is 12.1 Å². The lowest BCUT2D eigenvalue weighted by Gasteiger charge is -2.08. The molecule has 5 heteroatoms. The zero-order valence-electron chi connectivity index (χ0n) is 9.12. The van der Waals surface area contributed by atoms with Crippen LogP contribution in [0.3, 0.4) is 0 Å². The molecule has 0 aliphatic rings. The van der Waals surface area contributed by atoms with Crippen LogP contribution < -0.4 is 0 Å². The number of carbonyl (C=O) groups is 1. The first-order valence-corrected chi connectivity index (χ1v) is 4.96. The molecule has 0 amide bonds. The van der Waals surface area contributed by atoms with Crippen LogP contribution in [0, 0.1) is 0 Å². The predicted octanol–water partition coefficient (Wildman–Crippen LogP) is 3.20. The number of rotatable bonds is 3. The van der Waals surface area contributed by atoms with Crippen LogP contribution in [0.5, 0.6) is 0 Å². The summed E-state index contributed by atoms with van der Waals surface area (Å²) < 4.78 is 41.5. The number of halogens is 3. The van der Waals surface area contributed by atoms with Crippen LogP contribution in [0.1, 0.15) is 12.5 Å². The van der Waals surface area contributed by atoms with Crippen molar-refractivity contribution in [2.75, 3.05) is 6.61 Å². The Morgan fingerprint density at radius 1 is 1.29 bits per heavy atom. The predicted molar refractivity (Wildman–Crippen MR) is 57.1 cm³/mol. The highest BCUT2D eigenvalue weighted by molar-refractivity contribution is 6.16. The molecule has 0 spiro atoms. The molecule has 2 nitrogen and oxygen atoms in total. The van der Waals surface area contributed by atoms with E-state index in [1.54, 1.807) is 18.2 Å². The van der Waals surface area contributed by atoms with Gasteiger partial charge in [0.05, 0.1) is 12.2 Å². The fourth-order valence-corrected chi connectivity index (χ4v) is 1.25. The third kappa shape index (κ3) is 4.30. The lowest BCUT2D eigenvalue weighted by atomic mass is 10.1. The summed E-state index contributed by atoms with van der Waals surface area (Å²) in [5.41, 5.74) is -0.303. The van der Waals surface area contributed by atoms with E-state index >= 15 is 0 Å². The van der Waals surface area contributed by atoms with Crippen LogP contribution in [-0.4, -0.2) is 18.8 Å². The largest absolute Gasteiger partial charge is 0.462 e. The normalized spacial score (nSPS) is 12.4. The standard InChI is InChI=1S/C12H11F3O2/c1-2-17-11(16)10(8-12(13,14)15)9-6-4-3-5-7-9/h3-8H,2H2,1H3/b10-8-. The first kappa shape index (κ1) is 13.3.